The van der Waals surface area contributed by atoms with E-state index in [1.807, 2.05) is 43.3 Å². The molecule has 0 atom stereocenters. The number of rotatable bonds is 2. The van der Waals surface area contributed by atoms with Crippen LogP contribution in [0.25, 0.3) is 0 Å². The molecule has 2 aromatic rings. The number of nitrogens with zero attached hydrogens (tertiary/aromatic N) is 2. The molecule has 4 heteroatoms. The molecule has 0 saturated heterocycles. The van der Waals surface area contributed by atoms with Crippen molar-refractivity contribution in [3.05, 3.63) is 65.2 Å². The van der Waals surface area contributed by atoms with E-state index in [1.165, 1.54) is 5.01 Å². The SMILES string of the molecule is Cc1ccc2c(c1)C(=O)N(N(C)c1ccccc1)C2=O. The van der Waals surface area contributed by atoms with Crippen LogP contribution in [0.15, 0.2) is 48.5 Å². The maximum absolute atomic E-state index is 12.4. The fourth-order valence-electron chi connectivity index (χ4n) is 2.37. The van der Waals surface area contributed by atoms with Crippen molar-refractivity contribution in [2.24, 2.45) is 0 Å². The zero-order valence-electron chi connectivity index (χ0n) is 11.3. The summed E-state index contributed by atoms with van der Waals surface area (Å²) in [5.74, 6) is -0.559. The highest BCUT2D eigenvalue weighted by Gasteiger charge is 2.38. The second-order valence-corrected chi connectivity index (χ2v) is 4.83. The second kappa shape index (κ2) is 4.49. The topological polar surface area (TPSA) is 40.6 Å². The standard InChI is InChI=1S/C16H14N2O2/c1-11-8-9-13-14(10-11)16(20)18(15(13)19)17(2)12-6-4-3-5-7-12/h3-10H,1-2H3. The summed E-state index contributed by atoms with van der Waals surface area (Å²) in [6.45, 7) is 1.90. The van der Waals surface area contributed by atoms with Crippen LogP contribution < -0.4 is 5.01 Å². The first-order valence-corrected chi connectivity index (χ1v) is 6.37. The zero-order chi connectivity index (χ0) is 14.3. The van der Waals surface area contributed by atoms with Crippen LogP contribution in [-0.4, -0.2) is 23.9 Å². The van der Waals surface area contributed by atoms with Gasteiger partial charge in [0.2, 0.25) is 0 Å². The van der Waals surface area contributed by atoms with Gasteiger partial charge in [-0.2, -0.15) is 5.01 Å². The molecule has 0 saturated carbocycles. The fourth-order valence-corrected chi connectivity index (χ4v) is 2.37. The predicted molar refractivity (Wildman–Crippen MR) is 76.5 cm³/mol. The minimum absolute atomic E-state index is 0.278. The van der Waals surface area contributed by atoms with E-state index in [1.54, 1.807) is 24.2 Å². The molecule has 4 nitrogen and oxygen atoms in total. The molecule has 2 amide bonds. The van der Waals surface area contributed by atoms with Crippen molar-refractivity contribution in [2.75, 3.05) is 12.1 Å². The van der Waals surface area contributed by atoms with E-state index in [-0.39, 0.29) is 11.8 Å². The molecule has 0 radical (unpaired) electrons. The summed E-state index contributed by atoms with van der Waals surface area (Å²) < 4.78 is 0. The van der Waals surface area contributed by atoms with Crippen molar-refractivity contribution >= 4 is 17.5 Å². The number of fused-ring (bicyclic) bond motifs is 1. The quantitative estimate of drug-likeness (QED) is 0.785. The summed E-state index contributed by atoms with van der Waals surface area (Å²) in [7, 11) is 1.71. The number of carbonyl (C=O) groups excluding carboxylic acids is 2. The van der Waals surface area contributed by atoms with E-state index < -0.39 is 0 Å². The van der Waals surface area contributed by atoms with Gasteiger partial charge in [-0.15, -0.1) is 0 Å². The average molecular weight is 266 g/mol. The lowest BCUT2D eigenvalue weighted by Gasteiger charge is -2.27. The molecule has 3 rings (SSSR count). The van der Waals surface area contributed by atoms with Gasteiger partial charge in [0.15, 0.2) is 0 Å². The van der Waals surface area contributed by atoms with Crippen LogP contribution in [0.1, 0.15) is 26.3 Å². The molecule has 0 aromatic heterocycles. The van der Waals surface area contributed by atoms with E-state index in [0.717, 1.165) is 11.3 Å². The monoisotopic (exact) mass is 266 g/mol. The molecule has 20 heavy (non-hydrogen) atoms. The van der Waals surface area contributed by atoms with Gasteiger partial charge < -0.3 is 0 Å². The van der Waals surface area contributed by atoms with E-state index in [2.05, 4.69) is 0 Å². The molecular formula is C16H14N2O2. The van der Waals surface area contributed by atoms with Gasteiger partial charge in [0.05, 0.1) is 16.8 Å². The van der Waals surface area contributed by atoms with Crippen molar-refractivity contribution in [2.45, 2.75) is 6.92 Å². The summed E-state index contributed by atoms with van der Waals surface area (Å²) in [5, 5.41) is 2.76. The molecule has 0 bridgehead atoms. The highest BCUT2D eigenvalue weighted by Crippen LogP contribution is 2.27. The van der Waals surface area contributed by atoms with Gasteiger partial charge in [-0.3, -0.25) is 14.6 Å². The number of anilines is 1. The van der Waals surface area contributed by atoms with Crippen LogP contribution >= 0.6 is 0 Å². The molecule has 2 aromatic carbocycles. The van der Waals surface area contributed by atoms with Gasteiger partial charge in [0.1, 0.15) is 0 Å². The number of imide groups is 1. The summed E-state index contributed by atoms with van der Waals surface area (Å²) in [6, 6.07) is 14.7. The number of benzene rings is 2. The Kier molecular flexibility index (Phi) is 2.79. The van der Waals surface area contributed by atoms with Crippen molar-refractivity contribution in [1.29, 1.82) is 0 Å². The first kappa shape index (κ1) is 12.4. The summed E-state index contributed by atoms with van der Waals surface area (Å²) >= 11 is 0. The minimum atomic E-state index is -0.281. The van der Waals surface area contributed by atoms with Crippen LogP contribution in [0.4, 0.5) is 5.69 Å². The third-order valence-corrected chi connectivity index (χ3v) is 3.45. The van der Waals surface area contributed by atoms with E-state index in [9.17, 15) is 9.59 Å². The molecule has 1 aliphatic heterocycles. The Morgan fingerprint density at radius 3 is 2.25 bits per heavy atom. The highest BCUT2D eigenvalue weighted by atomic mass is 16.2. The lowest BCUT2D eigenvalue weighted by molar-refractivity contribution is 0.0644. The smallest absolute Gasteiger partial charge is 0.278 e. The molecule has 100 valence electrons. The molecule has 0 unspecified atom stereocenters. The van der Waals surface area contributed by atoms with Crippen LogP contribution in [0.2, 0.25) is 0 Å². The predicted octanol–water partition coefficient (Wildman–Crippen LogP) is 2.64. The molecule has 1 heterocycles. The fraction of sp³-hybridized carbons (Fsp3) is 0.125. The molecule has 1 aliphatic rings. The first-order valence-electron chi connectivity index (χ1n) is 6.37. The molecule has 0 N–H and O–H groups in total. The van der Waals surface area contributed by atoms with Crippen LogP contribution in [0.5, 0.6) is 0 Å². The molecular weight excluding hydrogens is 252 g/mol. The van der Waals surface area contributed by atoms with Gasteiger partial charge in [-0.1, -0.05) is 29.8 Å². The van der Waals surface area contributed by atoms with E-state index in [4.69, 9.17) is 0 Å². The van der Waals surface area contributed by atoms with Crippen LogP contribution in [0.3, 0.4) is 0 Å². The lowest BCUT2D eigenvalue weighted by Crippen LogP contribution is -2.44. The Labute approximate surface area is 117 Å². The Balaban J connectivity index is 2.02. The lowest BCUT2D eigenvalue weighted by atomic mass is 10.1. The number of hydrogen-bond acceptors (Lipinski definition) is 3. The number of hydrogen-bond donors (Lipinski definition) is 0. The number of hydrazine groups is 1. The highest BCUT2D eigenvalue weighted by molar-refractivity contribution is 6.22. The number of aryl methyl sites for hydroxylation is 1. The van der Waals surface area contributed by atoms with Crippen molar-refractivity contribution in [3.8, 4) is 0 Å². The van der Waals surface area contributed by atoms with Crippen molar-refractivity contribution in [1.82, 2.24) is 5.01 Å². The molecule has 0 fully saturated rings. The summed E-state index contributed by atoms with van der Waals surface area (Å²) in [5.41, 5.74) is 2.69. The van der Waals surface area contributed by atoms with Crippen molar-refractivity contribution in [3.63, 3.8) is 0 Å². The Morgan fingerprint density at radius 2 is 1.55 bits per heavy atom. The van der Waals surface area contributed by atoms with Crippen LogP contribution in [0, 0.1) is 6.92 Å². The third kappa shape index (κ3) is 1.77. The zero-order valence-corrected chi connectivity index (χ0v) is 11.3. The first-order chi connectivity index (χ1) is 9.59. The maximum Gasteiger partial charge on any atom is 0.280 e. The largest absolute Gasteiger partial charge is 0.280 e. The number of para-hydroxylation sites is 1. The van der Waals surface area contributed by atoms with E-state index in [0.29, 0.717) is 11.1 Å². The third-order valence-electron chi connectivity index (χ3n) is 3.45. The maximum atomic E-state index is 12.4. The molecule has 0 spiro atoms. The second-order valence-electron chi connectivity index (χ2n) is 4.83. The number of carbonyl (C=O) groups is 2. The minimum Gasteiger partial charge on any atom is -0.278 e. The van der Waals surface area contributed by atoms with Gasteiger partial charge >= 0.3 is 0 Å². The normalized spacial score (nSPS) is 13.6. The van der Waals surface area contributed by atoms with Gasteiger partial charge in [0, 0.05) is 7.05 Å². The van der Waals surface area contributed by atoms with Crippen LogP contribution in [-0.2, 0) is 0 Å². The Hall–Kier alpha value is -2.62. The van der Waals surface area contributed by atoms with Crippen molar-refractivity contribution < 1.29 is 9.59 Å². The van der Waals surface area contributed by atoms with E-state index >= 15 is 0 Å². The number of amides is 2. The van der Waals surface area contributed by atoms with Gasteiger partial charge in [-0.05, 0) is 31.2 Å². The molecule has 0 aliphatic carbocycles. The van der Waals surface area contributed by atoms with Gasteiger partial charge in [0.25, 0.3) is 11.8 Å². The average Bonchev–Trinajstić information content (AvgIpc) is 2.71. The Morgan fingerprint density at radius 1 is 0.900 bits per heavy atom. The Bertz CT molecular complexity index is 695. The van der Waals surface area contributed by atoms with Gasteiger partial charge in [-0.25, -0.2) is 0 Å². The summed E-state index contributed by atoms with van der Waals surface area (Å²) in [4.78, 5) is 24.8. The summed E-state index contributed by atoms with van der Waals surface area (Å²) in [6.07, 6.45) is 0.